The zero-order valence-electron chi connectivity index (χ0n) is 10.6. The van der Waals surface area contributed by atoms with Crippen LogP contribution in [0.1, 0.15) is 31.5 Å². The maximum absolute atomic E-state index is 12.0. The fourth-order valence-electron chi connectivity index (χ4n) is 2.07. The van der Waals surface area contributed by atoms with E-state index in [1.54, 1.807) is 10.9 Å². The van der Waals surface area contributed by atoms with Crippen LogP contribution >= 0.6 is 15.9 Å². The molecular weight excluding hydrogens is 298 g/mol. The van der Waals surface area contributed by atoms with Crippen molar-refractivity contribution in [1.29, 1.82) is 0 Å². The average Bonchev–Trinajstić information content (AvgIpc) is 2.97. The van der Waals surface area contributed by atoms with Gasteiger partial charge >= 0.3 is 0 Å². The Bertz CT molecular complexity index is 427. The average molecular weight is 316 g/mol. The summed E-state index contributed by atoms with van der Waals surface area (Å²) in [5.41, 5.74) is 0.953. The summed E-state index contributed by atoms with van der Waals surface area (Å²) in [4.78, 5) is 12.0. The zero-order chi connectivity index (χ0) is 13.1. The van der Waals surface area contributed by atoms with Gasteiger partial charge in [0.05, 0.1) is 22.5 Å². The van der Waals surface area contributed by atoms with E-state index in [0.29, 0.717) is 6.54 Å². The number of ether oxygens (including phenoxy) is 1. The van der Waals surface area contributed by atoms with Crippen molar-refractivity contribution in [2.24, 2.45) is 0 Å². The largest absolute Gasteiger partial charge is 0.376 e. The normalized spacial score (nSPS) is 20.9. The van der Waals surface area contributed by atoms with Crippen molar-refractivity contribution in [3.05, 3.63) is 16.4 Å². The Morgan fingerprint density at radius 2 is 2.56 bits per heavy atom. The second kappa shape index (κ2) is 5.84. The molecule has 1 aromatic heterocycles. The molecule has 18 heavy (non-hydrogen) atoms. The molecule has 1 aliphatic rings. The zero-order valence-corrected chi connectivity index (χ0v) is 12.2. The molecule has 2 heterocycles. The molecule has 1 N–H and O–H groups in total. The number of hydrogen-bond donors (Lipinski definition) is 1. The lowest BCUT2D eigenvalue weighted by molar-refractivity contribution is -0.124. The lowest BCUT2D eigenvalue weighted by Gasteiger charge is -2.16. The van der Waals surface area contributed by atoms with Crippen LogP contribution < -0.4 is 5.32 Å². The molecule has 100 valence electrons. The number of halogens is 1. The molecule has 0 unspecified atom stereocenters. The Kier molecular flexibility index (Phi) is 4.40. The molecule has 1 amide bonds. The van der Waals surface area contributed by atoms with E-state index in [1.807, 2.05) is 13.8 Å². The molecule has 5 nitrogen and oxygen atoms in total. The van der Waals surface area contributed by atoms with Gasteiger partial charge < -0.3 is 10.1 Å². The standard InChI is InChI=1S/C12H18BrN3O2/c1-8-11(13)7-15-16(8)9(2)12(17)14-6-10-4-3-5-18-10/h7,9-10H,3-6H2,1-2H3,(H,14,17)/t9-,10-/m1/s1. The molecule has 6 heteroatoms. The van der Waals surface area contributed by atoms with Crippen molar-refractivity contribution >= 4 is 21.8 Å². The van der Waals surface area contributed by atoms with Crippen molar-refractivity contribution in [3.8, 4) is 0 Å². The van der Waals surface area contributed by atoms with Gasteiger partial charge in [-0.2, -0.15) is 5.10 Å². The van der Waals surface area contributed by atoms with Crippen molar-refractivity contribution in [2.75, 3.05) is 13.2 Å². The highest BCUT2D eigenvalue weighted by Gasteiger charge is 2.21. The Balaban J connectivity index is 1.90. The predicted molar refractivity (Wildman–Crippen MR) is 71.4 cm³/mol. The van der Waals surface area contributed by atoms with Crippen LogP contribution in [0, 0.1) is 6.92 Å². The Morgan fingerprint density at radius 1 is 1.78 bits per heavy atom. The van der Waals surface area contributed by atoms with Gasteiger partial charge in [0.15, 0.2) is 0 Å². The van der Waals surface area contributed by atoms with Crippen LogP contribution in [0.25, 0.3) is 0 Å². The molecule has 0 bridgehead atoms. The first-order valence-corrected chi connectivity index (χ1v) is 6.98. The lowest BCUT2D eigenvalue weighted by Crippen LogP contribution is -2.36. The first-order valence-electron chi connectivity index (χ1n) is 6.18. The third kappa shape index (κ3) is 2.92. The van der Waals surface area contributed by atoms with E-state index in [0.717, 1.165) is 29.6 Å². The summed E-state index contributed by atoms with van der Waals surface area (Å²) in [6.07, 6.45) is 3.99. The van der Waals surface area contributed by atoms with Crippen molar-refractivity contribution in [3.63, 3.8) is 0 Å². The van der Waals surface area contributed by atoms with Crippen molar-refractivity contribution in [1.82, 2.24) is 15.1 Å². The molecule has 0 spiro atoms. The highest BCUT2D eigenvalue weighted by molar-refractivity contribution is 9.10. The second-order valence-electron chi connectivity index (χ2n) is 4.58. The van der Waals surface area contributed by atoms with E-state index in [4.69, 9.17) is 4.74 Å². The molecule has 2 rings (SSSR count). The van der Waals surface area contributed by atoms with Crippen LogP contribution in [0.15, 0.2) is 10.7 Å². The Labute approximate surface area is 115 Å². The lowest BCUT2D eigenvalue weighted by atomic mass is 10.2. The molecule has 2 atom stereocenters. The van der Waals surface area contributed by atoms with Gasteiger partial charge in [0.2, 0.25) is 5.91 Å². The SMILES string of the molecule is Cc1c(Br)cnn1[C@H](C)C(=O)NC[C@H]1CCCO1. The molecule has 1 fully saturated rings. The minimum atomic E-state index is -0.308. The van der Waals surface area contributed by atoms with Crippen molar-refractivity contribution in [2.45, 2.75) is 38.8 Å². The summed E-state index contributed by atoms with van der Waals surface area (Å²) in [7, 11) is 0. The monoisotopic (exact) mass is 315 g/mol. The van der Waals surface area contributed by atoms with E-state index in [-0.39, 0.29) is 18.1 Å². The molecule has 0 saturated carbocycles. The second-order valence-corrected chi connectivity index (χ2v) is 5.43. The van der Waals surface area contributed by atoms with E-state index < -0.39 is 0 Å². The Morgan fingerprint density at radius 3 is 3.11 bits per heavy atom. The maximum atomic E-state index is 12.0. The number of nitrogens with zero attached hydrogens (tertiary/aromatic N) is 2. The highest BCUT2D eigenvalue weighted by atomic mass is 79.9. The Hall–Kier alpha value is -0.880. The fourth-order valence-corrected chi connectivity index (χ4v) is 2.34. The first kappa shape index (κ1) is 13.5. The van der Waals surface area contributed by atoms with Gasteiger partial charge in [-0.15, -0.1) is 0 Å². The van der Waals surface area contributed by atoms with Crippen LogP contribution in [-0.4, -0.2) is 34.9 Å². The van der Waals surface area contributed by atoms with Gasteiger partial charge in [-0.25, -0.2) is 0 Å². The van der Waals surface area contributed by atoms with E-state index in [1.165, 1.54) is 0 Å². The van der Waals surface area contributed by atoms with E-state index >= 15 is 0 Å². The molecule has 0 aliphatic carbocycles. The summed E-state index contributed by atoms with van der Waals surface area (Å²) < 4.78 is 8.11. The minimum absolute atomic E-state index is 0.0239. The van der Waals surface area contributed by atoms with Crippen LogP contribution in [0.3, 0.4) is 0 Å². The summed E-state index contributed by atoms with van der Waals surface area (Å²) in [6, 6.07) is -0.308. The fraction of sp³-hybridized carbons (Fsp3) is 0.667. The third-order valence-electron chi connectivity index (χ3n) is 3.26. The topological polar surface area (TPSA) is 56.2 Å². The summed E-state index contributed by atoms with van der Waals surface area (Å²) in [5, 5.41) is 7.11. The number of carbonyl (C=O) groups excluding carboxylic acids is 1. The van der Waals surface area contributed by atoms with Crippen LogP contribution in [0.5, 0.6) is 0 Å². The number of hydrogen-bond acceptors (Lipinski definition) is 3. The quantitative estimate of drug-likeness (QED) is 0.922. The number of carbonyl (C=O) groups is 1. The van der Waals surface area contributed by atoms with Gasteiger partial charge in [0, 0.05) is 13.2 Å². The van der Waals surface area contributed by atoms with Gasteiger partial charge in [-0.05, 0) is 42.6 Å². The molecule has 0 radical (unpaired) electrons. The summed E-state index contributed by atoms with van der Waals surface area (Å²) in [6.45, 7) is 5.17. The van der Waals surface area contributed by atoms with Gasteiger partial charge in [0.1, 0.15) is 6.04 Å². The molecule has 0 aromatic carbocycles. The summed E-state index contributed by atoms with van der Waals surface area (Å²) >= 11 is 3.39. The van der Waals surface area contributed by atoms with Crippen LogP contribution in [-0.2, 0) is 9.53 Å². The molecule has 1 saturated heterocycles. The number of nitrogens with one attached hydrogen (secondary N) is 1. The first-order chi connectivity index (χ1) is 8.59. The number of amides is 1. The van der Waals surface area contributed by atoms with Crippen LogP contribution in [0.4, 0.5) is 0 Å². The van der Waals surface area contributed by atoms with E-state index in [9.17, 15) is 4.79 Å². The molecular formula is C12H18BrN3O2. The number of aromatic nitrogens is 2. The smallest absolute Gasteiger partial charge is 0.244 e. The predicted octanol–water partition coefficient (Wildman–Crippen LogP) is 1.81. The molecule has 1 aromatic rings. The van der Waals surface area contributed by atoms with Gasteiger partial charge in [0.25, 0.3) is 0 Å². The summed E-state index contributed by atoms with van der Waals surface area (Å²) in [5.74, 6) is -0.0239. The maximum Gasteiger partial charge on any atom is 0.244 e. The molecule has 1 aliphatic heterocycles. The number of rotatable bonds is 4. The van der Waals surface area contributed by atoms with Crippen LogP contribution in [0.2, 0.25) is 0 Å². The third-order valence-corrected chi connectivity index (χ3v) is 4.04. The van der Waals surface area contributed by atoms with Crippen molar-refractivity contribution < 1.29 is 9.53 Å². The minimum Gasteiger partial charge on any atom is -0.376 e. The van der Waals surface area contributed by atoms with E-state index in [2.05, 4.69) is 26.3 Å². The van der Waals surface area contributed by atoms with Gasteiger partial charge in [-0.3, -0.25) is 9.48 Å². The van der Waals surface area contributed by atoms with Gasteiger partial charge in [-0.1, -0.05) is 0 Å². The highest BCUT2D eigenvalue weighted by Crippen LogP contribution is 2.18.